The quantitative estimate of drug-likeness (QED) is 0.726. The Bertz CT molecular complexity index is 355. The molecule has 0 aliphatic heterocycles. The first-order chi connectivity index (χ1) is 6.65. The molecule has 0 atom stereocenters. The van der Waals surface area contributed by atoms with E-state index < -0.39 is 5.54 Å². The molecule has 1 aliphatic carbocycles. The lowest BCUT2D eigenvalue weighted by Gasteiger charge is -2.12. The van der Waals surface area contributed by atoms with Crippen LogP contribution in [-0.2, 0) is 0 Å². The average Bonchev–Trinajstić information content (AvgIpc) is 2.80. The highest BCUT2D eigenvalue weighted by Gasteiger charge is 2.43. The van der Waals surface area contributed by atoms with Crippen LogP contribution in [0.15, 0.2) is 10.6 Å². The molecule has 1 saturated carbocycles. The van der Waals surface area contributed by atoms with Gasteiger partial charge in [-0.15, -0.1) is 0 Å². The Hall–Kier alpha value is -1.36. The van der Waals surface area contributed by atoms with Crippen molar-refractivity contribution in [3.63, 3.8) is 0 Å². The molecule has 0 saturated heterocycles. The number of aromatic nitrogens is 1. The fourth-order valence-corrected chi connectivity index (χ4v) is 1.25. The molecular formula is C9H12N2O3. The Kier molecular flexibility index (Phi) is 2.03. The van der Waals surface area contributed by atoms with E-state index in [0.29, 0.717) is 5.76 Å². The highest BCUT2D eigenvalue weighted by Crippen LogP contribution is 2.34. The van der Waals surface area contributed by atoms with Crippen LogP contribution in [0.2, 0.25) is 0 Å². The molecule has 0 spiro atoms. The van der Waals surface area contributed by atoms with Crippen molar-refractivity contribution in [1.29, 1.82) is 0 Å². The zero-order valence-corrected chi connectivity index (χ0v) is 7.91. The van der Waals surface area contributed by atoms with Gasteiger partial charge in [0, 0.05) is 6.07 Å². The van der Waals surface area contributed by atoms with Crippen LogP contribution < -0.4 is 5.32 Å². The van der Waals surface area contributed by atoms with Crippen LogP contribution in [0.1, 0.15) is 29.1 Å². The normalized spacial score (nSPS) is 17.9. The molecule has 1 aliphatic rings. The lowest BCUT2D eigenvalue weighted by atomic mass is 10.2. The summed E-state index contributed by atoms with van der Waals surface area (Å²) in [6, 6.07) is 1.57. The Balaban J connectivity index is 2.03. The summed E-state index contributed by atoms with van der Waals surface area (Å²) in [4.78, 5) is 11.5. The molecule has 2 rings (SSSR count). The van der Waals surface area contributed by atoms with E-state index in [-0.39, 0.29) is 18.2 Å². The van der Waals surface area contributed by atoms with E-state index in [9.17, 15) is 4.79 Å². The summed E-state index contributed by atoms with van der Waals surface area (Å²) in [5, 5.41) is 15.3. The van der Waals surface area contributed by atoms with E-state index in [1.807, 2.05) is 0 Å². The molecule has 0 aromatic carbocycles. The van der Waals surface area contributed by atoms with Crippen molar-refractivity contribution in [2.75, 3.05) is 6.61 Å². The van der Waals surface area contributed by atoms with Gasteiger partial charge in [-0.2, -0.15) is 0 Å². The van der Waals surface area contributed by atoms with Crippen LogP contribution in [-0.4, -0.2) is 28.3 Å². The summed E-state index contributed by atoms with van der Waals surface area (Å²) in [5.41, 5.74) is -0.133. The number of hydrogen-bond donors (Lipinski definition) is 2. The van der Waals surface area contributed by atoms with Gasteiger partial charge in [0.15, 0.2) is 5.69 Å². The van der Waals surface area contributed by atoms with Gasteiger partial charge in [-0.3, -0.25) is 4.79 Å². The second-order valence-electron chi connectivity index (χ2n) is 3.72. The van der Waals surface area contributed by atoms with Crippen LogP contribution in [0, 0.1) is 6.92 Å². The number of nitrogens with zero attached hydrogens (tertiary/aromatic N) is 1. The number of aliphatic hydroxyl groups excluding tert-OH is 1. The molecule has 1 aromatic rings. The minimum atomic E-state index is -0.399. The summed E-state index contributed by atoms with van der Waals surface area (Å²) in [6.45, 7) is 1.71. The number of hydrogen-bond acceptors (Lipinski definition) is 4. The third kappa shape index (κ3) is 1.63. The van der Waals surface area contributed by atoms with Gasteiger partial charge in [-0.05, 0) is 19.8 Å². The van der Waals surface area contributed by atoms with Gasteiger partial charge in [-0.1, -0.05) is 5.16 Å². The number of amides is 1. The van der Waals surface area contributed by atoms with E-state index in [1.165, 1.54) is 0 Å². The Morgan fingerprint density at radius 3 is 2.93 bits per heavy atom. The number of rotatable bonds is 3. The molecule has 5 heteroatoms. The van der Waals surface area contributed by atoms with Gasteiger partial charge >= 0.3 is 0 Å². The smallest absolute Gasteiger partial charge is 0.273 e. The van der Waals surface area contributed by atoms with Gasteiger partial charge in [0.05, 0.1) is 12.1 Å². The second kappa shape index (κ2) is 3.09. The maximum atomic E-state index is 11.5. The van der Waals surface area contributed by atoms with E-state index in [0.717, 1.165) is 12.8 Å². The summed E-state index contributed by atoms with van der Waals surface area (Å²) in [7, 11) is 0. The van der Waals surface area contributed by atoms with Crippen LogP contribution in [0.3, 0.4) is 0 Å². The van der Waals surface area contributed by atoms with Gasteiger partial charge in [0.1, 0.15) is 5.76 Å². The zero-order chi connectivity index (χ0) is 10.2. The van der Waals surface area contributed by atoms with Crippen molar-refractivity contribution in [2.45, 2.75) is 25.3 Å². The van der Waals surface area contributed by atoms with Crippen LogP contribution >= 0.6 is 0 Å². The lowest BCUT2D eigenvalue weighted by Crippen LogP contribution is -2.39. The molecule has 1 fully saturated rings. The van der Waals surface area contributed by atoms with Crippen LogP contribution in [0.4, 0.5) is 0 Å². The highest BCUT2D eigenvalue weighted by molar-refractivity contribution is 5.93. The van der Waals surface area contributed by atoms with Crippen molar-refractivity contribution in [2.24, 2.45) is 0 Å². The maximum absolute atomic E-state index is 11.5. The lowest BCUT2D eigenvalue weighted by molar-refractivity contribution is 0.0897. The topological polar surface area (TPSA) is 75.4 Å². The van der Waals surface area contributed by atoms with E-state index >= 15 is 0 Å². The predicted molar refractivity (Wildman–Crippen MR) is 47.8 cm³/mol. The first-order valence-electron chi connectivity index (χ1n) is 4.52. The molecule has 0 bridgehead atoms. The fourth-order valence-electron chi connectivity index (χ4n) is 1.25. The number of aliphatic hydroxyl groups is 1. The minimum Gasteiger partial charge on any atom is -0.394 e. The predicted octanol–water partition coefficient (Wildman–Crippen LogP) is 0.238. The van der Waals surface area contributed by atoms with Crippen molar-refractivity contribution in [3.8, 4) is 0 Å². The molecule has 0 unspecified atom stereocenters. The first kappa shape index (κ1) is 9.21. The van der Waals surface area contributed by atoms with E-state index in [2.05, 4.69) is 10.5 Å². The Morgan fingerprint density at radius 1 is 1.79 bits per heavy atom. The SMILES string of the molecule is Cc1cc(C(=O)NC2(CO)CC2)no1. The average molecular weight is 196 g/mol. The summed E-state index contributed by atoms with van der Waals surface area (Å²) in [5.74, 6) is 0.317. The van der Waals surface area contributed by atoms with Crippen LogP contribution in [0.5, 0.6) is 0 Å². The summed E-state index contributed by atoms with van der Waals surface area (Å²) < 4.78 is 4.78. The van der Waals surface area contributed by atoms with E-state index in [4.69, 9.17) is 9.63 Å². The zero-order valence-electron chi connectivity index (χ0n) is 7.91. The number of carbonyl (C=O) groups excluding carboxylic acids is 1. The van der Waals surface area contributed by atoms with Crippen molar-refractivity contribution >= 4 is 5.91 Å². The molecule has 5 nitrogen and oxygen atoms in total. The Labute approximate surface area is 81.1 Å². The molecular weight excluding hydrogens is 184 g/mol. The van der Waals surface area contributed by atoms with Gasteiger partial charge < -0.3 is 14.9 Å². The van der Waals surface area contributed by atoms with Crippen LogP contribution in [0.25, 0.3) is 0 Å². The van der Waals surface area contributed by atoms with Crippen molar-refractivity contribution < 1.29 is 14.4 Å². The Morgan fingerprint density at radius 2 is 2.50 bits per heavy atom. The highest BCUT2D eigenvalue weighted by atomic mass is 16.5. The van der Waals surface area contributed by atoms with Gasteiger partial charge in [0.2, 0.25) is 0 Å². The summed E-state index contributed by atoms with van der Waals surface area (Å²) in [6.07, 6.45) is 1.65. The number of nitrogens with one attached hydrogen (secondary N) is 1. The monoisotopic (exact) mass is 196 g/mol. The maximum Gasteiger partial charge on any atom is 0.273 e. The fraction of sp³-hybridized carbons (Fsp3) is 0.556. The van der Waals surface area contributed by atoms with Crippen molar-refractivity contribution in [3.05, 3.63) is 17.5 Å². The largest absolute Gasteiger partial charge is 0.394 e. The van der Waals surface area contributed by atoms with Gasteiger partial charge in [0.25, 0.3) is 5.91 Å². The second-order valence-corrected chi connectivity index (χ2v) is 3.72. The van der Waals surface area contributed by atoms with Crippen molar-refractivity contribution in [1.82, 2.24) is 10.5 Å². The third-order valence-electron chi connectivity index (χ3n) is 2.40. The number of carbonyl (C=O) groups is 1. The third-order valence-corrected chi connectivity index (χ3v) is 2.40. The van der Waals surface area contributed by atoms with Gasteiger partial charge in [-0.25, -0.2) is 0 Å². The molecule has 76 valence electrons. The van der Waals surface area contributed by atoms with E-state index in [1.54, 1.807) is 13.0 Å². The molecule has 1 aromatic heterocycles. The molecule has 2 N–H and O–H groups in total. The first-order valence-corrected chi connectivity index (χ1v) is 4.52. The molecule has 1 heterocycles. The molecule has 1 amide bonds. The number of aryl methyl sites for hydroxylation is 1. The molecule has 14 heavy (non-hydrogen) atoms. The standard InChI is InChI=1S/C9H12N2O3/c1-6-4-7(11-14-6)8(13)10-9(5-12)2-3-9/h4,12H,2-3,5H2,1H3,(H,10,13). The minimum absolute atomic E-state index is 0.0183. The molecule has 0 radical (unpaired) electrons. The summed E-state index contributed by atoms with van der Waals surface area (Å²) >= 11 is 0.